The molecule has 1 aromatic carbocycles. The van der Waals surface area contributed by atoms with Gasteiger partial charge in [0.05, 0.1) is 17.8 Å². The lowest BCUT2D eigenvalue weighted by molar-refractivity contribution is 0.0747. The molecular weight excluding hydrogens is 216 g/mol. The monoisotopic (exact) mass is 232 g/mol. The van der Waals surface area contributed by atoms with Crippen LogP contribution in [0.2, 0.25) is 0 Å². The van der Waals surface area contributed by atoms with Crippen molar-refractivity contribution in [2.75, 3.05) is 25.4 Å². The molecule has 1 aliphatic heterocycles. The summed E-state index contributed by atoms with van der Waals surface area (Å²) in [6, 6.07) is 5.36. The van der Waals surface area contributed by atoms with Gasteiger partial charge in [0.15, 0.2) is 5.75 Å². The molecule has 2 aliphatic rings. The van der Waals surface area contributed by atoms with Crippen LogP contribution in [0.4, 0.5) is 5.69 Å². The Labute approximate surface area is 100 Å². The molecule has 3 rings (SSSR count). The van der Waals surface area contributed by atoms with Gasteiger partial charge in [0.25, 0.3) is 5.91 Å². The van der Waals surface area contributed by atoms with E-state index in [0.29, 0.717) is 36.1 Å². The zero-order valence-electron chi connectivity index (χ0n) is 9.69. The molecule has 0 bridgehead atoms. The third-order valence-electron chi connectivity index (χ3n) is 3.35. The maximum absolute atomic E-state index is 12.3. The lowest BCUT2D eigenvalue weighted by Gasteiger charge is -2.19. The second-order valence-electron chi connectivity index (χ2n) is 4.77. The van der Waals surface area contributed by atoms with Crippen molar-refractivity contribution in [1.29, 1.82) is 0 Å². The van der Waals surface area contributed by atoms with Crippen molar-refractivity contribution in [3.8, 4) is 5.75 Å². The van der Waals surface area contributed by atoms with Gasteiger partial charge in [-0.2, -0.15) is 0 Å². The molecule has 0 spiro atoms. The van der Waals surface area contributed by atoms with Crippen LogP contribution < -0.4 is 10.5 Å². The largest absolute Gasteiger partial charge is 0.489 e. The average Bonchev–Trinajstić information content (AvgIpc) is 3.12. The van der Waals surface area contributed by atoms with E-state index in [2.05, 4.69) is 0 Å². The predicted molar refractivity (Wildman–Crippen MR) is 65.0 cm³/mol. The lowest BCUT2D eigenvalue weighted by atomic mass is 10.1. The SMILES string of the molecule is Nc1cccc2c1OCCN(CC1CC1)C2=O. The van der Waals surface area contributed by atoms with Crippen molar-refractivity contribution in [3.05, 3.63) is 23.8 Å². The molecule has 1 fully saturated rings. The Morgan fingerprint density at radius 1 is 1.41 bits per heavy atom. The minimum atomic E-state index is 0.0525. The molecule has 90 valence electrons. The van der Waals surface area contributed by atoms with Gasteiger partial charge < -0.3 is 15.4 Å². The van der Waals surface area contributed by atoms with Gasteiger partial charge in [0.2, 0.25) is 0 Å². The van der Waals surface area contributed by atoms with Crippen LogP contribution in [0.15, 0.2) is 18.2 Å². The third kappa shape index (κ3) is 1.95. The number of hydrogen-bond donors (Lipinski definition) is 1. The second-order valence-corrected chi connectivity index (χ2v) is 4.77. The zero-order valence-corrected chi connectivity index (χ0v) is 9.69. The van der Waals surface area contributed by atoms with E-state index in [-0.39, 0.29) is 5.91 Å². The van der Waals surface area contributed by atoms with Crippen LogP contribution in [0, 0.1) is 5.92 Å². The van der Waals surface area contributed by atoms with Gasteiger partial charge in [-0.25, -0.2) is 0 Å². The van der Waals surface area contributed by atoms with Crippen LogP contribution in [0.25, 0.3) is 0 Å². The van der Waals surface area contributed by atoms with Crippen molar-refractivity contribution in [1.82, 2.24) is 4.90 Å². The van der Waals surface area contributed by atoms with Crippen molar-refractivity contribution in [3.63, 3.8) is 0 Å². The van der Waals surface area contributed by atoms with Crippen LogP contribution in [0.1, 0.15) is 23.2 Å². The summed E-state index contributed by atoms with van der Waals surface area (Å²) in [5.74, 6) is 1.30. The molecular formula is C13H16N2O2. The van der Waals surface area contributed by atoms with E-state index in [1.165, 1.54) is 12.8 Å². The maximum atomic E-state index is 12.3. The first-order valence-corrected chi connectivity index (χ1v) is 6.06. The van der Waals surface area contributed by atoms with E-state index < -0.39 is 0 Å². The molecule has 4 heteroatoms. The summed E-state index contributed by atoms with van der Waals surface area (Å²) in [4.78, 5) is 14.2. The smallest absolute Gasteiger partial charge is 0.257 e. The van der Waals surface area contributed by atoms with Crippen LogP contribution in [-0.2, 0) is 0 Å². The van der Waals surface area contributed by atoms with Crippen LogP contribution in [0.5, 0.6) is 5.75 Å². The Bertz CT molecular complexity index is 455. The van der Waals surface area contributed by atoms with Gasteiger partial charge >= 0.3 is 0 Å². The van der Waals surface area contributed by atoms with E-state index in [1.807, 2.05) is 4.90 Å². The quantitative estimate of drug-likeness (QED) is 0.786. The van der Waals surface area contributed by atoms with Gasteiger partial charge in [-0.3, -0.25) is 4.79 Å². The minimum Gasteiger partial charge on any atom is -0.489 e. The summed E-state index contributed by atoms with van der Waals surface area (Å²) in [6.45, 7) is 2.04. The van der Waals surface area contributed by atoms with Crippen molar-refractivity contribution in [2.24, 2.45) is 5.92 Å². The van der Waals surface area contributed by atoms with Gasteiger partial charge in [0, 0.05) is 6.54 Å². The van der Waals surface area contributed by atoms with E-state index in [1.54, 1.807) is 18.2 Å². The Kier molecular flexibility index (Phi) is 2.42. The predicted octanol–water partition coefficient (Wildman–Crippen LogP) is 1.51. The fraction of sp³-hybridized carbons (Fsp3) is 0.462. The Hall–Kier alpha value is -1.71. The lowest BCUT2D eigenvalue weighted by Crippen LogP contribution is -2.34. The fourth-order valence-corrected chi connectivity index (χ4v) is 2.20. The number of nitrogens with two attached hydrogens (primary N) is 1. The minimum absolute atomic E-state index is 0.0525. The number of nitrogens with zero attached hydrogens (tertiary/aromatic N) is 1. The highest BCUT2D eigenvalue weighted by Gasteiger charge is 2.30. The molecule has 1 aliphatic carbocycles. The van der Waals surface area contributed by atoms with E-state index in [0.717, 1.165) is 6.54 Å². The number of nitrogen functional groups attached to an aromatic ring is 1. The Morgan fingerprint density at radius 2 is 2.24 bits per heavy atom. The number of benzene rings is 1. The molecule has 1 saturated carbocycles. The zero-order chi connectivity index (χ0) is 11.8. The molecule has 0 aromatic heterocycles. The number of ether oxygens (including phenoxy) is 1. The highest BCUT2D eigenvalue weighted by molar-refractivity contribution is 5.99. The van der Waals surface area contributed by atoms with E-state index >= 15 is 0 Å². The summed E-state index contributed by atoms with van der Waals surface area (Å²) in [5.41, 5.74) is 6.98. The number of anilines is 1. The molecule has 0 atom stereocenters. The first kappa shape index (κ1) is 10.4. The van der Waals surface area contributed by atoms with E-state index in [4.69, 9.17) is 10.5 Å². The summed E-state index contributed by atoms with van der Waals surface area (Å²) in [7, 11) is 0. The first-order chi connectivity index (χ1) is 8.25. The van der Waals surface area contributed by atoms with Crippen LogP contribution in [-0.4, -0.2) is 30.5 Å². The highest BCUT2D eigenvalue weighted by Crippen LogP contribution is 2.33. The number of hydrogen-bond acceptors (Lipinski definition) is 3. The number of para-hydroxylation sites is 1. The second kappa shape index (κ2) is 3.95. The maximum Gasteiger partial charge on any atom is 0.257 e. The molecule has 0 unspecified atom stereocenters. The highest BCUT2D eigenvalue weighted by atomic mass is 16.5. The van der Waals surface area contributed by atoms with Crippen molar-refractivity contribution >= 4 is 11.6 Å². The normalized spacial score (nSPS) is 19.5. The summed E-state index contributed by atoms with van der Waals surface area (Å²) < 4.78 is 5.59. The molecule has 2 N–H and O–H groups in total. The van der Waals surface area contributed by atoms with Crippen LogP contribution in [0.3, 0.4) is 0 Å². The van der Waals surface area contributed by atoms with Gasteiger partial charge in [0.1, 0.15) is 6.61 Å². The third-order valence-corrected chi connectivity index (χ3v) is 3.35. The number of amides is 1. The fourth-order valence-electron chi connectivity index (χ4n) is 2.20. The molecule has 0 radical (unpaired) electrons. The molecule has 1 heterocycles. The topological polar surface area (TPSA) is 55.6 Å². The number of carbonyl (C=O) groups is 1. The Morgan fingerprint density at radius 3 is 3.00 bits per heavy atom. The molecule has 0 saturated heterocycles. The van der Waals surface area contributed by atoms with Crippen molar-refractivity contribution in [2.45, 2.75) is 12.8 Å². The van der Waals surface area contributed by atoms with Gasteiger partial charge in [-0.05, 0) is 30.9 Å². The van der Waals surface area contributed by atoms with E-state index in [9.17, 15) is 4.79 Å². The van der Waals surface area contributed by atoms with Gasteiger partial charge in [-0.15, -0.1) is 0 Å². The molecule has 1 aromatic rings. The first-order valence-electron chi connectivity index (χ1n) is 6.06. The molecule has 1 amide bonds. The number of carbonyl (C=O) groups excluding carboxylic acids is 1. The molecule has 17 heavy (non-hydrogen) atoms. The number of rotatable bonds is 2. The number of fused-ring (bicyclic) bond motifs is 1. The summed E-state index contributed by atoms with van der Waals surface area (Å²) >= 11 is 0. The van der Waals surface area contributed by atoms with Crippen molar-refractivity contribution < 1.29 is 9.53 Å². The Balaban J connectivity index is 1.91. The van der Waals surface area contributed by atoms with Crippen LogP contribution >= 0.6 is 0 Å². The molecule has 4 nitrogen and oxygen atoms in total. The summed E-state index contributed by atoms with van der Waals surface area (Å²) in [5, 5.41) is 0. The standard InChI is InChI=1S/C13H16N2O2/c14-11-3-1-2-10-12(11)17-7-6-15(13(10)16)8-9-4-5-9/h1-3,9H,4-8,14H2. The van der Waals surface area contributed by atoms with Gasteiger partial charge in [-0.1, -0.05) is 6.07 Å². The summed E-state index contributed by atoms with van der Waals surface area (Å²) in [6.07, 6.45) is 2.49. The average molecular weight is 232 g/mol.